The number of fused-ring (bicyclic) bond motifs is 1. The molecule has 2 fully saturated rings. The van der Waals surface area contributed by atoms with Gasteiger partial charge in [0.25, 0.3) is 0 Å². The van der Waals surface area contributed by atoms with E-state index in [1.807, 2.05) is 37.8 Å². The van der Waals surface area contributed by atoms with E-state index in [-0.39, 0.29) is 53.9 Å². The van der Waals surface area contributed by atoms with Crippen LogP contribution in [-0.2, 0) is 14.4 Å². The molecule has 26 heavy (non-hydrogen) atoms. The number of carbonyl (C=O) groups excluding carboxylic acids is 3. The van der Waals surface area contributed by atoms with Gasteiger partial charge in [0.15, 0.2) is 0 Å². The van der Waals surface area contributed by atoms with Gasteiger partial charge >= 0.3 is 0 Å². The lowest BCUT2D eigenvalue weighted by Gasteiger charge is -2.37. The van der Waals surface area contributed by atoms with Crippen molar-refractivity contribution >= 4 is 30.1 Å². The molecule has 146 valence electrons. The first-order chi connectivity index (χ1) is 11.9. The van der Waals surface area contributed by atoms with Crippen molar-refractivity contribution in [2.24, 2.45) is 17.8 Å². The Balaban J connectivity index is 0.00000243. The van der Waals surface area contributed by atoms with Crippen LogP contribution in [0.5, 0.6) is 0 Å². The van der Waals surface area contributed by atoms with E-state index in [0.717, 1.165) is 6.54 Å². The summed E-state index contributed by atoms with van der Waals surface area (Å²) in [7, 11) is 0. The predicted octanol–water partition coefficient (Wildman–Crippen LogP) is 1.59. The van der Waals surface area contributed by atoms with Crippen LogP contribution in [0.4, 0.5) is 0 Å². The zero-order chi connectivity index (χ0) is 18.1. The van der Waals surface area contributed by atoms with Gasteiger partial charge in [-0.2, -0.15) is 0 Å². The Hall–Kier alpha value is -1.40. The Morgan fingerprint density at radius 1 is 1.19 bits per heavy atom. The Morgan fingerprint density at radius 2 is 1.77 bits per heavy atom. The van der Waals surface area contributed by atoms with Crippen LogP contribution in [0.3, 0.4) is 0 Å². The van der Waals surface area contributed by atoms with Gasteiger partial charge in [-0.3, -0.25) is 19.3 Å². The molecule has 2 aliphatic heterocycles. The minimum Gasteiger partial charge on any atom is -0.338 e. The maximum atomic E-state index is 13.2. The van der Waals surface area contributed by atoms with Crippen LogP contribution in [0.2, 0.25) is 0 Å². The zero-order valence-corrected chi connectivity index (χ0v) is 16.6. The molecule has 3 rings (SSSR count). The number of rotatable bonds is 4. The summed E-state index contributed by atoms with van der Waals surface area (Å²) < 4.78 is 0. The summed E-state index contributed by atoms with van der Waals surface area (Å²) in [5.74, 6) is -0.696. The Kier molecular flexibility index (Phi) is 6.86. The van der Waals surface area contributed by atoms with Crippen LogP contribution >= 0.6 is 12.4 Å². The fourth-order valence-corrected chi connectivity index (χ4v) is 4.24. The maximum Gasteiger partial charge on any atom is 0.245 e. The molecule has 2 saturated heterocycles. The monoisotopic (exact) mass is 383 g/mol. The molecule has 0 aromatic carbocycles. The van der Waals surface area contributed by atoms with Crippen molar-refractivity contribution in [1.82, 2.24) is 15.1 Å². The quantitative estimate of drug-likeness (QED) is 0.591. The molecular formula is C19H30ClN3O3. The number of piperazine rings is 1. The van der Waals surface area contributed by atoms with Gasteiger partial charge in [0.2, 0.25) is 17.7 Å². The molecule has 0 saturated carbocycles. The smallest absolute Gasteiger partial charge is 0.245 e. The largest absolute Gasteiger partial charge is 0.338 e. The van der Waals surface area contributed by atoms with Crippen molar-refractivity contribution in [2.45, 2.75) is 52.1 Å². The highest BCUT2D eigenvalue weighted by atomic mass is 35.5. The van der Waals surface area contributed by atoms with Gasteiger partial charge in [0, 0.05) is 25.7 Å². The average Bonchev–Trinajstić information content (AvgIpc) is 2.84. The second-order valence-electron chi connectivity index (χ2n) is 7.99. The molecule has 7 heteroatoms. The molecule has 0 spiro atoms. The molecule has 3 aliphatic rings. The number of hydrogen-bond donors (Lipinski definition) is 1. The average molecular weight is 384 g/mol. The summed E-state index contributed by atoms with van der Waals surface area (Å²) in [6, 6.07) is -0.426. The minimum atomic E-state index is -0.657. The summed E-state index contributed by atoms with van der Waals surface area (Å²) in [5, 5.41) is 3.32. The number of halogens is 1. The van der Waals surface area contributed by atoms with Gasteiger partial charge in [-0.15, -0.1) is 12.4 Å². The van der Waals surface area contributed by atoms with Gasteiger partial charge in [-0.05, 0) is 32.1 Å². The number of allylic oxidation sites excluding steroid dienone is 2. The van der Waals surface area contributed by atoms with Crippen molar-refractivity contribution in [1.29, 1.82) is 0 Å². The van der Waals surface area contributed by atoms with Gasteiger partial charge in [-0.25, -0.2) is 0 Å². The lowest BCUT2D eigenvalue weighted by molar-refractivity contribution is -0.152. The number of hydrogen-bond acceptors (Lipinski definition) is 4. The molecule has 2 heterocycles. The highest BCUT2D eigenvalue weighted by Gasteiger charge is 2.51. The lowest BCUT2D eigenvalue weighted by atomic mass is 9.85. The second kappa shape index (κ2) is 8.53. The first-order valence-electron chi connectivity index (χ1n) is 9.44. The highest BCUT2D eigenvalue weighted by molar-refractivity contribution is 6.08. The highest BCUT2D eigenvalue weighted by Crippen LogP contribution is 2.37. The van der Waals surface area contributed by atoms with Gasteiger partial charge < -0.3 is 10.2 Å². The van der Waals surface area contributed by atoms with Crippen LogP contribution in [0, 0.1) is 17.8 Å². The Bertz CT molecular complexity index is 567. The van der Waals surface area contributed by atoms with E-state index in [2.05, 4.69) is 5.32 Å². The molecule has 6 nitrogen and oxygen atoms in total. The maximum absolute atomic E-state index is 13.2. The molecule has 0 aromatic heterocycles. The third-order valence-electron chi connectivity index (χ3n) is 5.51. The second-order valence-corrected chi connectivity index (χ2v) is 7.99. The third kappa shape index (κ3) is 3.96. The van der Waals surface area contributed by atoms with E-state index >= 15 is 0 Å². The summed E-state index contributed by atoms with van der Waals surface area (Å²) in [4.78, 5) is 42.2. The topological polar surface area (TPSA) is 69.7 Å². The molecule has 0 radical (unpaired) electrons. The van der Waals surface area contributed by atoms with Crippen molar-refractivity contribution in [3.8, 4) is 0 Å². The summed E-state index contributed by atoms with van der Waals surface area (Å²) in [5.41, 5.74) is 0. The fourth-order valence-electron chi connectivity index (χ4n) is 4.24. The van der Waals surface area contributed by atoms with Crippen LogP contribution in [0.25, 0.3) is 0 Å². The summed E-state index contributed by atoms with van der Waals surface area (Å²) in [6.45, 7) is 8.10. The molecular weight excluding hydrogens is 354 g/mol. The minimum absolute atomic E-state index is 0. The normalized spacial score (nSPS) is 29.6. The zero-order valence-electron chi connectivity index (χ0n) is 15.8. The van der Waals surface area contributed by atoms with Crippen molar-refractivity contribution in [3.05, 3.63) is 12.2 Å². The number of imide groups is 1. The lowest BCUT2D eigenvalue weighted by Crippen LogP contribution is -2.58. The standard InChI is InChI=1S/C19H29N3O3.ClH/c1-12(2)10-16(19(25)21-9-8-20-13(3)11-21)22-17(23)14-6-4-5-7-15(14)18(22)24;/h4-5,12-16,20H,6-11H2,1-3H3;1H/t13-,14?,15?,16?;/m1./s1. The molecule has 3 amide bonds. The van der Waals surface area contributed by atoms with Crippen LogP contribution < -0.4 is 5.32 Å². The van der Waals surface area contributed by atoms with E-state index in [0.29, 0.717) is 32.4 Å². The molecule has 1 N–H and O–H groups in total. The van der Waals surface area contributed by atoms with Gasteiger partial charge in [0.1, 0.15) is 6.04 Å². The first kappa shape index (κ1) is 20.9. The number of likely N-dealkylation sites (tertiary alicyclic amines) is 1. The molecule has 0 aromatic rings. The number of nitrogens with zero attached hydrogens (tertiary/aromatic N) is 2. The van der Waals surface area contributed by atoms with E-state index in [1.54, 1.807) is 0 Å². The Morgan fingerprint density at radius 3 is 2.27 bits per heavy atom. The van der Waals surface area contributed by atoms with E-state index in [1.165, 1.54) is 4.90 Å². The molecule has 4 atom stereocenters. The summed E-state index contributed by atoms with van der Waals surface area (Å²) in [6.07, 6.45) is 5.71. The van der Waals surface area contributed by atoms with Crippen LogP contribution in [0.1, 0.15) is 40.0 Å². The SMILES string of the molecule is CC(C)CC(C(=O)N1CCN[C@H](C)C1)N1C(=O)C2CC=CCC2C1=O.Cl. The van der Waals surface area contributed by atoms with E-state index < -0.39 is 6.04 Å². The Labute approximate surface area is 161 Å². The number of carbonyl (C=O) groups is 3. The van der Waals surface area contributed by atoms with Crippen LogP contribution in [-0.4, -0.2) is 59.2 Å². The van der Waals surface area contributed by atoms with Crippen molar-refractivity contribution in [3.63, 3.8) is 0 Å². The third-order valence-corrected chi connectivity index (χ3v) is 5.51. The van der Waals surface area contributed by atoms with Crippen LogP contribution in [0.15, 0.2) is 12.2 Å². The fraction of sp³-hybridized carbons (Fsp3) is 0.737. The number of amides is 3. The molecule has 1 aliphatic carbocycles. The van der Waals surface area contributed by atoms with Crippen molar-refractivity contribution < 1.29 is 14.4 Å². The summed E-state index contributed by atoms with van der Waals surface area (Å²) >= 11 is 0. The van der Waals surface area contributed by atoms with E-state index in [9.17, 15) is 14.4 Å². The van der Waals surface area contributed by atoms with Crippen molar-refractivity contribution in [2.75, 3.05) is 19.6 Å². The predicted molar refractivity (Wildman–Crippen MR) is 102 cm³/mol. The molecule has 0 bridgehead atoms. The first-order valence-corrected chi connectivity index (χ1v) is 9.44. The van der Waals surface area contributed by atoms with E-state index in [4.69, 9.17) is 0 Å². The molecule has 3 unspecified atom stereocenters. The van der Waals surface area contributed by atoms with Gasteiger partial charge in [0.05, 0.1) is 11.8 Å². The number of nitrogens with one attached hydrogen (secondary N) is 1. The van der Waals surface area contributed by atoms with Gasteiger partial charge in [-0.1, -0.05) is 26.0 Å².